The summed E-state index contributed by atoms with van der Waals surface area (Å²) < 4.78 is 7.13. The molecule has 1 saturated heterocycles. The van der Waals surface area contributed by atoms with Crippen LogP contribution < -0.4 is 5.32 Å². The molecule has 0 radical (unpaired) electrons. The number of aromatic nitrogens is 3. The largest absolute Gasteiger partial charge is 0.379 e. The summed E-state index contributed by atoms with van der Waals surface area (Å²) in [4.78, 5) is 20.1. The zero-order valence-electron chi connectivity index (χ0n) is 16.7. The number of halogens is 1. The summed E-state index contributed by atoms with van der Waals surface area (Å²) in [6.45, 7) is 6.16. The number of carbonyl (C=O) groups is 1. The number of morpholine rings is 1. The van der Waals surface area contributed by atoms with Crippen molar-refractivity contribution in [1.29, 1.82) is 0 Å². The first-order valence-electron chi connectivity index (χ1n) is 9.61. The van der Waals surface area contributed by atoms with Crippen LogP contribution in [0.4, 0.5) is 0 Å². The molecule has 1 amide bonds. The van der Waals surface area contributed by atoms with Crippen molar-refractivity contribution in [2.24, 2.45) is 7.05 Å². The highest BCUT2D eigenvalue weighted by atomic mass is 35.5. The number of hydrogen-bond acceptors (Lipinski definition) is 5. The predicted octanol–water partition coefficient (Wildman–Crippen LogP) is 2.51. The quantitative estimate of drug-likeness (QED) is 0.693. The fourth-order valence-electron chi connectivity index (χ4n) is 3.56. The molecule has 4 rings (SSSR count). The maximum absolute atomic E-state index is 13.1. The average molecular weight is 416 g/mol. The van der Waals surface area contributed by atoms with Crippen LogP contribution in [0.3, 0.4) is 0 Å². The Labute approximate surface area is 176 Å². The van der Waals surface area contributed by atoms with Gasteiger partial charge in [-0.1, -0.05) is 18.2 Å². The standard InChI is InChI=1S/C21H25N5O2.ClH/c1-15(14-26-9-11-28-12-10-26)22-21(27)17-13-20(19-7-8-25(2)24-19)23-18-6-4-3-5-16(17)18;/h3-8,13,15H,9-12,14H2,1-2H3,(H,22,27);1H. The maximum Gasteiger partial charge on any atom is 0.252 e. The number of ether oxygens (including phenoxy) is 1. The molecule has 0 saturated carbocycles. The molecule has 7 nitrogen and oxygen atoms in total. The highest BCUT2D eigenvalue weighted by Crippen LogP contribution is 2.24. The SMILES string of the molecule is CC(CN1CCOCC1)NC(=O)c1cc(-c2ccn(C)n2)nc2ccccc12.Cl. The van der Waals surface area contributed by atoms with E-state index < -0.39 is 0 Å². The third-order valence-electron chi connectivity index (χ3n) is 4.95. The third kappa shape index (κ3) is 4.93. The van der Waals surface area contributed by atoms with Gasteiger partial charge in [0.2, 0.25) is 0 Å². The minimum atomic E-state index is -0.0865. The van der Waals surface area contributed by atoms with Crippen molar-refractivity contribution < 1.29 is 9.53 Å². The normalized spacial score (nSPS) is 15.7. The Kier molecular flexibility index (Phi) is 6.84. The molecule has 0 bridgehead atoms. The molecule has 0 spiro atoms. The number of rotatable bonds is 5. The lowest BCUT2D eigenvalue weighted by Crippen LogP contribution is -2.46. The van der Waals surface area contributed by atoms with Crippen LogP contribution >= 0.6 is 12.4 Å². The number of benzene rings is 1. The van der Waals surface area contributed by atoms with Gasteiger partial charge in [0.25, 0.3) is 5.91 Å². The number of carbonyl (C=O) groups excluding carboxylic acids is 1. The molecule has 8 heteroatoms. The fraction of sp³-hybridized carbons (Fsp3) is 0.381. The van der Waals surface area contributed by atoms with E-state index in [0.717, 1.165) is 49.4 Å². The van der Waals surface area contributed by atoms with Crippen LogP contribution in [0.15, 0.2) is 42.6 Å². The van der Waals surface area contributed by atoms with Crippen LogP contribution in [-0.2, 0) is 11.8 Å². The van der Waals surface area contributed by atoms with E-state index in [2.05, 4.69) is 15.3 Å². The summed E-state index contributed by atoms with van der Waals surface area (Å²) in [7, 11) is 1.87. The summed E-state index contributed by atoms with van der Waals surface area (Å²) in [5, 5.41) is 8.42. The number of para-hydroxylation sites is 1. The molecular weight excluding hydrogens is 390 g/mol. The fourth-order valence-corrected chi connectivity index (χ4v) is 3.56. The molecule has 3 aromatic rings. The van der Waals surface area contributed by atoms with E-state index in [0.29, 0.717) is 11.3 Å². The van der Waals surface area contributed by atoms with Crippen molar-refractivity contribution in [3.63, 3.8) is 0 Å². The lowest BCUT2D eigenvalue weighted by Gasteiger charge is -2.29. The first kappa shape index (κ1) is 21.2. The number of pyridine rings is 1. The topological polar surface area (TPSA) is 72.3 Å². The monoisotopic (exact) mass is 415 g/mol. The molecule has 0 aliphatic carbocycles. The Bertz CT molecular complexity index is 984. The molecule has 29 heavy (non-hydrogen) atoms. The van der Waals surface area contributed by atoms with Crippen molar-refractivity contribution in [3.8, 4) is 11.4 Å². The zero-order chi connectivity index (χ0) is 19.5. The lowest BCUT2D eigenvalue weighted by atomic mass is 10.1. The maximum atomic E-state index is 13.1. The van der Waals surface area contributed by atoms with Gasteiger partial charge in [0.1, 0.15) is 5.69 Å². The van der Waals surface area contributed by atoms with Gasteiger partial charge in [0.05, 0.1) is 30.0 Å². The van der Waals surface area contributed by atoms with E-state index in [-0.39, 0.29) is 24.4 Å². The van der Waals surface area contributed by atoms with E-state index >= 15 is 0 Å². The van der Waals surface area contributed by atoms with Crippen LogP contribution in [0.25, 0.3) is 22.3 Å². The van der Waals surface area contributed by atoms with E-state index in [4.69, 9.17) is 9.72 Å². The molecule has 1 atom stereocenters. The van der Waals surface area contributed by atoms with Gasteiger partial charge in [0, 0.05) is 44.3 Å². The first-order valence-corrected chi connectivity index (χ1v) is 9.61. The van der Waals surface area contributed by atoms with Gasteiger partial charge >= 0.3 is 0 Å². The minimum absolute atomic E-state index is 0. The average Bonchev–Trinajstić information content (AvgIpc) is 3.14. The predicted molar refractivity (Wildman–Crippen MR) is 115 cm³/mol. The van der Waals surface area contributed by atoms with Crippen LogP contribution in [0.5, 0.6) is 0 Å². The van der Waals surface area contributed by atoms with Crippen molar-refractivity contribution in [1.82, 2.24) is 25.0 Å². The molecule has 1 fully saturated rings. The van der Waals surface area contributed by atoms with E-state index in [1.54, 1.807) is 4.68 Å². The van der Waals surface area contributed by atoms with Gasteiger partial charge in [-0.3, -0.25) is 14.4 Å². The molecule has 154 valence electrons. The van der Waals surface area contributed by atoms with Gasteiger partial charge in [-0.2, -0.15) is 5.10 Å². The molecule has 1 N–H and O–H groups in total. The molecule has 1 aliphatic heterocycles. The zero-order valence-corrected chi connectivity index (χ0v) is 17.5. The van der Waals surface area contributed by atoms with Gasteiger partial charge < -0.3 is 10.1 Å². The second-order valence-corrected chi connectivity index (χ2v) is 7.23. The minimum Gasteiger partial charge on any atom is -0.379 e. The molecule has 3 heterocycles. The Hall–Kier alpha value is -2.48. The molecule has 1 aliphatic rings. The summed E-state index contributed by atoms with van der Waals surface area (Å²) >= 11 is 0. The summed E-state index contributed by atoms with van der Waals surface area (Å²) in [6, 6.07) is 11.5. The number of aryl methyl sites for hydroxylation is 1. The molecule has 1 unspecified atom stereocenters. The second-order valence-electron chi connectivity index (χ2n) is 7.23. The number of nitrogens with zero attached hydrogens (tertiary/aromatic N) is 4. The van der Waals surface area contributed by atoms with Gasteiger partial charge in [0.15, 0.2) is 0 Å². The smallest absolute Gasteiger partial charge is 0.252 e. The number of amides is 1. The molecule has 2 aromatic heterocycles. The number of fused-ring (bicyclic) bond motifs is 1. The van der Waals surface area contributed by atoms with Gasteiger partial charge in [-0.25, -0.2) is 4.98 Å². The van der Waals surface area contributed by atoms with Crippen molar-refractivity contribution in [2.75, 3.05) is 32.8 Å². The Morgan fingerprint density at radius 2 is 1.97 bits per heavy atom. The Balaban J connectivity index is 0.00000240. The van der Waals surface area contributed by atoms with E-state index in [1.807, 2.05) is 56.6 Å². The number of nitrogens with one attached hydrogen (secondary N) is 1. The van der Waals surface area contributed by atoms with Gasteiger partial charge in [-0.15, -0.1) is 12.4 Å². The van der Waals surface area contributed by atoms with E-state index in [1.165, 1.54) is 0 Å². The summed E-state index contributed by atoms with van der Waals surface area (Å²) in [6.07, 6.45) is 1.87. The van der Waals surface area contributed by atoms with Crippen LogP contribution in [0, 0.1) is 0 Å². The Morgan fingerprint density at radius 3 is 2.69 bits per heavy atom. The summed E-state index contributed by atoms with van der Waals surface area (Å²) in [5.41, 5.74) is 2.87. The number of hydrogen-bond donors (Lipinski definition) is 1. The van der Waals surface area contributed by atoms with Crippen molar-refractivity contribution in [3.05, 3.63) is 48.2 Å². The highest BCUT2D eigenvalue weighted by molar-refractivity contribution is 6.07. The summed E-state index contributed by atoms with van der Waals surface area (Å²) in [5.74, 6) is -0.0865. The molecule has 1 aromatic carbocycles. The van der Waals surface area contributed by atoms with Crippen molar-refractivity contribution in [2.45, 2.75) is 13.0 Å². The van der Waals surface area contributed by atoms with Crippen LogP contribution in [0.1, 0.15) is 17.3 Å². The van der Waals surface area contributed by atoms with E-state index in [9.17, 15) is 4.79 Å². The van der Waals surface area contributed by atoms with Crippen LogP contribution in [-0.4, -0.2) is 64.5 Å². The van der Waals surface area contributed by atoms with Crippen LogP contribution in [0.2, 0.25) is 0 Å². The highest BCUT2D eigenvalue weighted by Gasteiger charge is 2.19. The Morgan fingerprint density at radius 1 is 1.21 bits per heavy atom. The van der Waals surface area contributed by atoms with Crippen molar-refractivity contribution >= 4 is 29.2 Å². The second kappa shape index (κ2) is 9.35. The third-order valence-corrected chi connectivity index (χ3v) is 4.95. The molecular formula is C21H26ClN5O2. The first-order chi connectivity index (χ1) is 13.6. The lowest BCUT2D eigenvalue weighted by molar-refractivity contribution is 0.0342. The van der Waals surface area contributed by atoms with Gasteiger partial charge in [-0.05, 0) is 25.1 Å².